The number of para-hydroxylation sites is 1. The molecule has 1 aliphatic rings. The highest BCUT2D eigenvalue weighted by Crippen LogP contribution is 2.34. The van der Waals surface area contributed by atoms with Gasteiger partial charge in [-0.1, -0.05) is 48.5 Å². The molecule has 0 aromatic heterocycles. The van der Waals surface area contributed by atoms with E-state index in [0.29, 0.717) is 35.5 Å². The second-order valence-electron chi connectivity index (χ2n) is 7.25. The van der Waals surface area contributed by atoms with E-state index in [4.69, 9.17) is 14.3 Å². The van der Waals surface area contributed by atoms with Crippen LogP contribution in [0, 0.1) is 0 Å². The molecule has 3 aromatic rings. The zero-order chi connectivity index (χ0) is 22.0. The monoisotopic (exact) mass is 423 g/mol. The molecule has 8 heteroatoms. The molecule has 1 N–H and O–H groups in total. The summed E-state index contributed by atoms with van der Waals surface area (Å²) in [5, 5.41) is 11.5. The molecule has 1 saturated heterocycles. The number of amides is 2. The fraction of sp³-hybridized carbons (Fsp3) is 0.217. The third-order valence-corrected chi connectivity index (χ3v) is 5.30. The van der Waals surface area contributed by atoms with Crippen molar-refractivity contribution < 1.29 is 29.0 Å². The summed E-state index contributed by atoms with van der Waals surface area (Å²) in [4.78, 5) is 32.2. The Kier molecular flexibility index (Phi) is 5.60. The first kappa shape index (κ1) is 20.8. The van der Waals surface area contributed by atoms with Crippen molar-refractivity contribution >= 4 is 34.3 Å². The maximum atomic E-state index is 13.1. The number of hydroxylamine groups is 2. The highest BCUT2D eigenvalue weighted by Gasteiger charge is 2.43. The third-order valence-electron chi connectivity index (χ3n) is 5.30. The quantitative estimate of drug-likeness (QED) is 0.486. The van der Waals surface area contributed by atoms with Crippen LogP contribution in [0.4, 0.5) is 21.0 Å². The van der Waals surface area contributed by atoms with Crippen LogP contribution in [0.3, 0.4) is 0 Å². The molecular weight excluding hydrogens is 400 g/mol. The molecular formula is C23H23N2O6+. The maximum Gasteiger partial charge on any atom is 0.562 e. The molecule has 0 saturated carbocycles. The predicted molar refractivity (Wildman–Crippen MR) is 116 cm³/mol. The number of carbonyl (C=O) groups excluding carboxylic acids is 1. The molecule has 1 unspecified atom stereocenters. The number of carbonyl (C=O) groups is 2. The lowest BCUT2D eigenvalue weighted by Crippen LogP contribution is -2.53. The van der Waals surface area contributed by atoms with Crippen molar-refractivity contribution in [3.63, 3.8) is 0 Å². The van der Waals surface area contributed by atoms with Crippen LogP contribution in [-0.2, 0) is 14.3 Å². The number of benzene rings is 3. The van der Waals surface area contributed by atoms with Gasteiger partial charge in [0.25, 0.3) is 0 Å². The van der Waals surface area contributed by atoms with Gasteiger partial charge in [0.1, 0.15) is 7.05 Å². The van der Waals surface area contributed by atoms with E-state index in [2.05, 4.69) is 0 Å². The molecule has 31 heavy (non-hydrogen) atoms. The summed E-state index contributed by atoms with van der Waals surface area (Å²) >= 11 is 0. The number of ether oxygens (including phenoxy) is 2. The number of nitrogens with zero attached hydrogens (tertiary/aromatic N) is 2. The predicted octanol–water partition coefficient (Wildman–Crippen LogP) is 4.69. The molecule has 0 radical (unpaired) electrons. The van der Waals surface area contributed by atoms with E-state index in [1.807, 2.05) is 30.3 Å². The van der Waals surface area contributed by atoms with Crippen LogP contribution in [0.5, 0.6) is 0 Å². The largest absolute Gasteiger partial charge is 0.562 e. The average molecular weight is 423 g/mol. The summed E-state index contributed by atoms with van der Waals surface area (Å²) in [6.07, 6.45) is -2.75. The van der Waals surface area contributed by atoms with Gasteiger partial charge in [0, 0.05) is 24.1 Å². The van der Waals surface area contributed by atoms with Crippen molar-refractivity contribution in [1.29, 1.82) is 0 Å². The minimum atomic E-state index is -1.33. The van der Waals surface area contributed by atoms with Gasteiger partial charge in [-0.25, -0.2) is 9.63 Å². The van der Waals surface area contributed by atoms with Gasteiger partial charge in [-0.3, -0.25) is 4.90 Å². The van der Waals surface area contributed by atoms with E-state index >= 15 is 0 Å². The summed E-state index contributed by atoms with van der Waals surface area (Å²) < 4.78 is 10.1. The van der Waals surface area contributed by atoms with Gasteiger partial charge in [0.2, 0.25) is 0 Å². The highest BCUT2D eigenvalue weighted by atomic mass is 16.8. The molecule has 160 valence electrons. The van der Waals surface area contributed by atoms with Crippen molar-refractivity contribution in [3.05, 3.63) is 72.3 Å². The van der Waals surface area contributed by atoms with Crippen molar-refractivity contribution in [2.75, 3.05) is 32.2 Å². The Hall–Kier alpha value is -3.46. The molecule has 8 nitrogen and oxygen atoms in total. The van der Waals surface area contributed by atoms with E-state index in [1.54, 1.807) is 36.4 Å². The second kappa shape index (κ2) is 8.35. The lowest BCUT2D eigenvalue weighted by molar-refractivity contribution is -0.0465. The van der Waals surface area contributed by atoms with E-state index in [0.717, 1.165) is 5.39 Å². The number of hydrogen-bond donors (Lipinski definition) is 1. The molecule has 1 aliphatic heterocycles. The van der Waals surface area contributed by atoms with Gasteiger partial charge in [0.05, 0.1) is 18.9 Å². The maximum absolute atomic E-state index is 13.1. The number of quaternary nitrogens is 1. The normalized spacial score (nSPS) is 16.1. The Balaban J connectivity index is 1.68. The summed E-state index contributed by atoms with van der Waals surface area (Å²) in [7, 11) is 2.84. The van der Waals surface area contributed by atoms with Gasteiger partial charge in [-0.2, -0.15) is 4.79 Å². The molecule has 1 atom stereocenters. The van der Waals surface area contributed by atoms with Gasteiger partial charge in [-0.05, 0) is 22.2 Å². The van der Waals surface area contributed by atoms with E-state index < -0.39 is 23.1 Å². The van der Waals surface area contributed by atoms with Crippen LogP contribution in [0.15, 0.2) is 66.7 Å². The first-order valence-electron chi connectivity index (χ1n) is 9.79. The summed E-state index contributed by atoms with van der Waals surface area (Å²) in [6, 6.07) is 19.7. The van der Waals surface area contributed by atoms with E-state index in [9.17, 15) is 14.7 Å². The standard InChI is InChI=1S/C23H22N2O6/c1-24(19-12-6-5-11-18(19)21-29-14-15-30-21)22(26)31-25(2,23(27)28)20-13-7-9-16-8-3-4-10-17(16)20/h3-13,21H,14-15H2,1-2H3/p+1. The van der Waals surface area contributed by atoms with Crippen molar-refractivity contribution in [2.24, 2.45) is 0 Å². The van der Waals surface area contributed by atoms with Gasteiger partial charge < -0.3 is 14.6 Å². The van der Waals surface area contributed by atoms with Gasteiger partial charge in [-0.15, -0.1) is 0 Å². The molecule has 0 aliphatic carbocycles. The molecule has 3 aromatic carbocycles. The average Bonchev–Trinajstić information content (AvgIpc) is 3.32. The summed E-state index contributed by atoms with van der Waals surface area (Å²) in [5.41, 5.74) is 1.51. The smallest absolute Gasteiger partial charge is 0.432 e. The van der Waals surface area contributed by atoms with Crippen molar-refractivity contribution in [3.8, 4) is 0 Å². The number of carboxylic acid groups (broad SMARTS) is 1. The number of fused-ring (bicyclic) bond motifs is 1. The summed E-state index contributed by atoms with van der Waals surface area (Å²) in [5.74, 6) is 0. The molecule has 0 bridgehead atoms. The van der Waals surface area contributed by atoms with Crippen molar-refractivity contribution in [2.45, 2.75) is 6.29 Å². The minimum Gasteiger partial charge on any atom is -0.432 e. The van der Waals surface area contributed by atoms with Crippen LogP contribution in [0.2, 0.25) is 0 Å². The zero-order valence-electron chi connectivity index (χ0n) is 17.2. The Bertz CT molecular complexity index is 1120. The Morgan fingerprint density at radius 1 is 1.00 bits per heavy atom. The molecule has 2 amide bonds. The van der Waals surface area contributed by atoms with Crippen LogP contribution in [-0.4, -0.2) is 44.6 Å². The van der Waals surface area contributed by atoms with Crippen LogP contribution >= 0.6 is 0 Å². The first-order chi connectivity index (χ1) is 14.9. The third kappa shape index (κ3) is 3.84. The van der Waals surface area contributed by atoms with Crippen LogP contribution in [0.1, 0.15) is 11.9 Å². The number of hydrogen-bond acceptors (Lipinski definition) is 5. The fourth-order valence-electron chi connectivity index (χ4n) is 3.62. The molecule has 1 heterocycles. The topological polar surface area (TPSA) is 85.3 Å². The lowest BCUT2D eigenvalue weighted by atomic mass is 10.1. The van der Waals surface area contributed by atoms with E-state index in [1.165, 1.54) is 19.0 Å². The molecule has 4 rings (SSSR count). The van der Waals surface area contributed by atoms with Gasteiger partial charge in [0.15, 0.2) is 12.0 Å². The fourth-order valence-corrected chi connectivity index (χ4v) is 3.62. The second-order valence-corrected chi connectivity index (χ2v) is 7.25. The first-order valence-corrected chi connectivity index (χ1v) is 9.79. The Morgan fingerprint density at radius 2 is 1.65 bits per heavy atom. The molecule has 1 fully saturated rings. The zero-order valence-corrected chi connectivity index (χ0v) is 17.2. The highest BCUT2D eigenvalue weighted by molar-refractivity contribution is 5.99. The van der Waals surface area contributed by atoms with Gasteiger partial charge >= 0.3 is 12.2 Å². The minimum absolute atomic E-state index is 0.336. The SMILES string of the molecule is CN(C(=O)O[N+](C)(C(=O)O)c1cccc2ccccc12)c1ccccc1C1OCCO1. The molecule has 0 spiro atoms. The van der Waals surface area contributed by atoms with Crippen LogP contribution < -0.4 is 9.55 Å². The summed E-state index contributed by atoms with van der Waals surface area (Å²) in [6.45, 7) is 0.921. The van der Waals surface area contributed by atoms with E-state index in [-0.39, 0.29) is 0 Å². The Labute approximate surface area is 179 Å². The number of anilines is 1. The van der Waals surface area contributed by atoms with Crippen LogP contribution in [0.25, 0.3) is 10.8 Å². The lowest BCUT2D eigenvalue weighted by Gasteiger charge is -2.28. The Morgan fingerprint density at radius 3 is 2.39 bits per heavy atom. The van der Waals surface area contributed by atoms with Crippen molar-refractivity contribution in [1.82, 2.24) is 4.65 Å². The number of rotatable bonds is 3.